The monoisotopic (exact) mass is 165 g/mol. The third kappa shape index (κ3) is 11.1. The fraction of sp³-hybridized carbons (Fsp3) is 1.00. The molecular weight excluding hydrogens is 146 g/mol. The Morgan fingerprint density at radius 1 is 1.20 bits per heavy atom. The number of halogens is 1. The van der Waals surface area contributed by atoms with Gasteiger partial charge in [0, 0.05) is 0 Å². The first-order valence-electron chi connectivity index (χ1n) is 3.77. The van der Waals surface area contributed by atoms with Crippen molar-refractivity contribution in [2.75, 3.05) is 13.1 Å². The molecular formula is C8H20ClN. The highest BCUT2D eigenvalue weighted by Crippen LogP contribution is 2.09. The maximum absolute atomic E-state index is 3.38. The van der Waals surface area contributed by atoms with Gasteiger partial charge in [0.25, 0.3) is 0 Å². The molecule has 0 atom stereocenters. The second-order valence-electron chi connectivity index (χ2n) is 3.74. The molecule has 0 aromatic rings. The van der Waals surface area contributed by atoms with Gasteiger partial charge < -0.3 is 5.32 Å². The average Bonchev–Trinajstić information content (AvgIpc) is 1.63. The Morgan fingerprint density at radius 3 is 2.00 bits per heavy atom. The molecule has 0 heterocycles. The zero-order valence-electron chi connectivity index (χ0n) is 7.53. The van der Waals surface area contributed by atoms with Crippen molar-refractivity contribution in [3.05, 3.63) is 0 Å². The van der Waals surface area contributed by atoms with Crippen LogP contribution >= 0.6 is 12.4 Å². The van der Waals surface area contributed by atoms with Gasteiger partial charge in [-0.15, -0.1) is 12.4 Å². The van der Waals surface area contributed by atoms with Crippen molar-refractivity contribution in [1.29, 1.82) is 0 Å². The van der Waals surface area contributed by atoms with Crippen LogP contribution < -0.4 is 5.32 Å². The van der Waals surface area contributed by atoms with E-state index < -0.39 is 0 Å². The normalized spacial score (nSPS) is 10.8. The van der Waals surface area contributed by atoms with Gasteiger partial charge in [0.1, 0.15) is 0 Å². The largest absolute Gasteiger partial charge is 0.316 e. The van der Waals surface area contributed by atoms with Gasteiger partial charge in [-0.25, -0.2) is 0 Å². The van der Waals surface area contributed by atoms with Gasteiger partial charge in [-0.1, -0.05) is 27.7 Å². The number of nitrogens with one attached hydrogen (secondary N) is 1. The lowest BCUT2D eigenvalue weighted by Crippen LogP contribution is -2.27. The molecule has 0 unspecified atom stereocenters. The summed E-state index contributed by atoms with van der Waals surface area (Å²) in [7, 11) is 0. The van der Waals surface area contributed by atoms with Crippen LogP contribution in [-0.2, 0) is 0 Å². The topological polar surface area (TPSA) is 12.0 Å². The smallest absolute Gasteiger partial charge is 0.0000127 e. The molecule has 0 aromatic heterocycles. The van der Waals surface area contributed by atoms with Crippen LogP contribution in [0.25, 0.3) is 0 Å². The summed E-state index contributed by atoms with van der Waals surface area (Å²) in [6.45, 7) is 11.2. The Balaban J connectivity index is 0. The quantitative estimate of drug-likeness (QED) is 0.634. The molecule has 1 N–H and O–H groups in total. The molecule has 0 aliphatic rings. The van der Waals surface area contributed by atoms with Crippen LogP contribution in [0.1, 0.15) is 34.1 Å². The van der Waals surface area contributed by atoms with Crippen LogP contribution in [0, 0.1) is 5.41 Å². The maximum atomic E-state index is 3.38. The van der Waals surface area contributed by atoms with Crippen molar-refractivity contribution in [2.45, 2.75) is 34.1 Å². The zero-order valence-corrected chi connectivity index (χ0v) is 8.35. The van der Waals surface area contributed by atoms with Gasteiger partial charge in [-0.3, -0.25) is 0 Å². The first-order chi connectivity index (χ1) is 4.06. The van der Waals surface area contributed by atoms with Gasteiger partial charge >= 0.3 is 0 Å². The van der Waals surface area contributed by atoms with E-state index >= 15 is 0 Å². The molecule has 0 aromatic carbocycles. The lowest BCUT2D eigenvalue weighted by Gasteiger charge is -2.18. The summed E-state index contributed by atoms with van der Waals surface area (Å²) in [6, 6.07) is 0. The van der Waals surface area contributed by atoms with E-state index in [1.54, 1.807) is 0 Å². The zero-order chi connectivity index (χ0) is 7.33. The second kappa shape index (κ2) is 5.99. The second-order valence-corrected chi connectivity index (χ2v) is 3.74. The predicted molar refractivity (Wildman–Crippen MR) is 49.9 cm³/mol. The van der Waals surface area contributed by atoms with Gasteiger partial charge in [0.2, 0.25) is 0 Å². The van der Waals surface area contributed by atoms with Crippen molar-refractivity contribution >= 4 is 12.4 Å². The Labute approximate surface area is 71.0 Å². The van der Waals surface area contributed by atoms with E-state index in [0.29, 0.717) is 5.41 Å². The fourth-order valence-corrected chi connectivity index (χ4v) is 0.640. The average molecular weight is 166 g/mol. The van der Waals surface area contributed by atoms with Crippen molar-refractivity contribution in [1.82, 2.24) is 5.32 Å². The van der Waals surface area contributed by atoms with Gasteiger partial charge in [0.05, 0.1) is 0 Å². The lowest BCUT2D eigenvalue weighted by molar-refractivity contribution is 0.381. The van der Waals surface area contributed by atoms with Gasteiger partial charge in [0.15, 0.2) is 0 Å². The Bertz CT molecular complexity index is 66.1. The van der Waals surface area contributed by atoms with Crippen LogP contribution in [0.15, 0.2) is 0 Å². The fourth-order valence-electron chi connectivity index (χ4n) is 0.640. The van der Waals surface area contributed by atoms with E-state index in [4.69, 9.17) is 0 Å². The minimum atomic E-state index is 0. The van der Waals surface area contributed by atoms with Crippen molar-refractivity contribution in [3.63, 3.8) is 0 Å². The first kappa shape index (κ1) is 12.9. The number of rotatable bonds is 3. The first-order valence-corrected chi connectivity index (χ1v) is 3.77. The van der Waals surface area contributed by atoms with Crippen LogP contribution in [0.3, 0.4) is 0 Å². The summed E-state index contributed by atoms with van der Waals surface area (Å²) in [5.41, 5.74) is 0.440. The lowest BCUT2D eigenvalue weighted by atomic mass is 9.97. The minimum absolute atomic E-state index is 0. The van der Waals surface area contributed by atoms with Crippen LogP contribution in [0.5, 0.6) is 0 Å². The summed E-state index contributed by atoms with van der Waals surface area (Å²) in [5.74, 6) is 0. The van der Waals surface area contributed by atoms with Crippen molar-refractivity contribution in [3.8, 4) is 0 Å². The summed E-state index contributed by atoms with van der Waals surface area (Å²) in [4.78, 5) is 0. The Morgan fingerprint density at radius 2 is 1.70 bits per heavy atom. The predicted octanol–water partition coefficient (Wildman–Crippen LogP) is 2.45. The molecule has 0 aliphatic carbocycles. The summed E-state index contributed by atoms with van der Waals surface area (Å²) < 4.78 is 0. The van der Waals surface area contributed by atoms with Crippen LogP contribution in [-0.4, -0.2) is 13.1 Å². The Hall–Kier alpha value is 0.250. The van der Waals surface area contributed by atoms with Crippen LogP contribution in [0.2, 0.25) is 0 Å². The molecule has 0 saturated carbocycles. The van der Waals surface area contributed by atoms with E-state index in [0.717, 1.165) is 13.1 Å². The van der Waals surface area contributed by atoms with Gasteiger partial charge in [-0.05, 0) is 24.9 Å². The molecule has 10 heavy (non-hydrogen) atoms. The van der Waals surface area contributed by atoms with Crippen LogP contribution in [0.4, 0.5) is 0 Å². The summed E-state index contributed by atoms with van der Waals surface area (Å²) >= 11 is 0. The minimum Gasteiger partial charge on any atom is -0.316 e. The molecule has 0 spiro atoms. The van der Waals surface area contributed by atoms with E-state index in [1.165, 1.54) is 6.42 Å². The third-order valence-corrected chi connectivity index (χ3v) is 1.08. The molecule has 64 valence electrons. The standard InChI is InChI=1S/C8H19N.ClH/c1-5-6-9-7-8(2,3)4;/h9H,5-7H2,1-4H3;1H. The summed E-state index contributed by atoms with van der Waals surface area (Å²) in [6.07, 6.45) is 1.23. The molecule has 0 fully saturated rings. The van der Waals surface area contributed by atoms with E-state index in [-0.39, 0.29) is 12.4 Å². The molecule has 1 nitrogen and oxygen atoms in total. The van der Waals surface area contributed by atoms with Crippen molar-refractivity contribution in [2.24, 2.45) is 5.41 Å². The van der Waals surface area contributed by atoms with Gasteiger partial charge in [-0.2, -0.15) is 0 Å². The molecule has 0 radical (unpaired) electrons. The molecule has 2 heteroatoms. The molecule has 0 bridgehead atoms. The van der Waals surface area contributed by atoms with E-state index in [1.807, 2.05) is 0 Å². The molecule has 0 amide bonds. The summed E-state index contributed by atoms with van der Waals surface area (Å²) in [5, 5.41) is 3.38. The highest BCUT2D eigenvalue weighted by atomic mass is 35.5. The number of hydrogen-bond donors (Lipinski definition) is 1. The van der Waals surface area contributed by atoms with Crippen molar-refractivity contribution < 1.29 is 0 Å². The molecule has 0 rings (SSSR count). The highest BCUT2D eigenvalue weighted by molar-refractivity contribution is 5.85. The molecule has 0 saturated heterocycles. The third-order valence-electron chi connectivity index (χ3n) is 1.08. The SMILES string of the molecule is CCCNCC(C)(C)C.Cl. The Kier molecular flexibility index (Phi) is 7.72. The van der Waals surface area contributed by atoms with E-state index in [9.17, 15) is 0 Å². The van der Waals surface area contributed by atoms with E-state index in [2.05, 4.69) is 33.0 Å². The maximum Gasteiger partial charge on any atom is -0.0000127 e. The molecule has 0 aliphatic heterocycles. The number of hydrogen-bond acceptors (Lipinski definition) is 1. The highest BCUT2D eigenvalue weighted by Gasteiger charge is 2.07.